The molecule has 0 N–H and O–H groups in total. The maximum atomic E-state index is 4.88. The predicted molar refractivity (Wildman–Crippen MR) is 132 cm³/mol. The standard InChI is InChI=1S/C25H32N4S/c1-8-26-25(30-7)20-13-10-14-29-22(19-12-9-11-16(2)15-19)21-17(3)27(5)18(4)28(6)24(21)23(20)29/h9,11-12,15,20H,3-4,8,10,13-14H2,1-2,5-7H3. The first-order valence-corrected chi connectivity index (χ1v) is 11.9. The van der Waals surface area contributed by atoms with E-state index in [0.29, 0.717) is 5.92 Å². The Morgan fingerprint density at radius 2 is 2.00 bits per heavy atom. The van der Waals surface area contributed by atoms with Crippen molar-refractivity contribution in [3.8, 4) is 11.3 Å². The second-order valence-corrected chi connectivity index (χ2v) is 9.00. The van der Waals surface area contributed by atoms with Gasteiger partial charge < -0.3 is 14.4 Å². The number of anilines is 1. The highest BCUT2D eigenvalue weighted by Gasteiger charge is 2.39. The highest BCUT2D eigenvalue weighted by atomic mass is 32.2. The van der Waals surface area contributed by atoms with Crippen molar-refractivity contribution in [2.24, 2.45) is 4.99 Å². The molecule has 2 aliphatic rings. The van der Waals surface area contributed by atoms with Crippen LogP contribution < -0.4 is 4.90 Å². The monoisotopic (exact) mass is 420 g/mol. The second-order valence-electron chi connectivity index (χ2n) is 8.17. The van der Waals surface area contributed by atoms with E-state index in [0.717, 1.165) is 37.4 Å². The van der Waals surface area contributed by atoms with E-state index in [1.165, 1.54) is 38.8 Å². The van der Waals surface area contributed by atoms with E-state index >= 15 is 0 Å². The number of benzene rings is 1. The fourth-order valence-electron chi connectivity index (χ4n) is 4.90. The zero-order chi connectivity index (χ0) is 21.6. The second kappa shape index (κ2) is 8.03. The van der Waals surface area contributed by atoms with Gasteiger partial charge in [-0.05, 0) is 44.6 Å². The molecule has 4 nitrogen and oxygen atoms in total. The van der Waals surface area contributed by atoms with Gasteiger partial charge in [0, 0.05) is 44.4 Å². The molecule has 0 aliphatic carbocycles. The SMILES string of the molecule is C=C1c2c(c3n(c2-c2cccc(C)c2)CCCC3C(=NCC)SC)N(C)C(=C)N1C. The first-order chi connectivity index (χ1) is 14.4. The van der Waals surface area contributed by atoms with Gasteiger partial charge in [0.05, 0.1) is 22.1 Å². The van der Waals surface area contributed by atoms with Crippen LogP contribution in [0, 0.1) is 6.92 Å². The van der Waals surface area contributed by atoms with Crippen molar-refractivity contribution in [1.82, 2.24) is 9.47 Å². The quantitative estimate of drug-likeness (QED) is 0.453. The average Bonchev–Trinajstić information content (AvgIpc) is 3.10. The van der Waals surface area contributed by atoms with Crippen LogP contribution in [0.1, 0.15) is 42.5 Å². The van der Waals surface area contributed by atoms with Gasteiger partial charge in [0.15, 0.2) is 0 Å². The molecule has 0 saturated carbocycles. The number of thioether (sulfide) groups is 1. The van der Waals surface area contributed by atoms with E-state index in [9.17, 15) is 0 Å². The molecule has 0 saturated heterocycles. The van der Waals surface area contributed by atoms with Crippen molar-refractivity contribution in [3.05, 3.63) is 60.1 Å². The molecule has 4 rings (SSSR count). The van der Waals surface area contributed by atoms with Gasteiger partial charge in [-0.2, -0.15) is 0 Å². The van der Waals surface area contributed by atoms with E-state index in [1.807, 2.05) is 0 Å². The van der Waals surface area contributed by atoms with Gasteiger partial charge in [-0.3, -0.25) is 4.99 Å². The summed E-state index contributed by atoms with van der Waals surface area (Å²) in [6.45, 7) is 15.0. The Hall–Kier alpha value is -2.40. The van der Waals surface area contributed by atoms with Crippen LogP contribution in [0.5, 0.6) is 0 Å². The maximum Gasteiger partial charge on any atom is 0.105 e. The van der Waals surface area contributed by atoms with Gasteiger partial charge in [-0.1, -0.05) is 36.9 Å². The third-order valence-electron chi connectivity index (χ3n) is 6.40. The molecule has 1 aromatic carbocycles. The molecule has 2 aromatic rings. The lowest BCUT2D eigenvalue weighted by molar-refractivity contribution is 0.516. The molecule has 158 valence electrons. The summed E-state index contributed by atoms with van der Waals surface area (Å²) in [6, 6.07) is 8.83. The van der Waals surface area contributed by atoms with Crippen molar-refractivity contribution in [3.63, 3.8) is 0 Å². The molecule has 30 heavy (non-hydrogen) atoms. The van der Waals surface area contributed by atoms with Crippen LogP contribution >= 0.6 is 11.8 Å². The average molecular weight is 421 g/mol. The highest BCUT2D eigenvalue weighted by Crippen LogP contribution is 2.51. The number of fused-ring (bicyclic) bond motifs is 3. The molecule has 0 radical (unpaired) electrons. The van der Waals surface area contributed by atoms with Gasteiger partial charge in [0.25, 0.3) is 0 Å². The third-order valence-corrected chi connectivity index (χ3v) is 7.23. The summed E-state index contributed by atoms with van der Waals surface area (Å²) in [5, 5.41) is 1.23. The zero-order valence-corrected chi connectivity index (χ0v) is 19.6. The van der Waals surface area contributed by atoms with Crippen molar-refractivity contribution >= 4 is 28.2 Å². The number of rotatable bonds is 3. The van der Waals surface area contributed by atoms with Crippen LogP contribution in [0.2, 0.25) is 0 Å². The fraction of sp³-hybridized carbons (Fsp3) is 0.400. The normalized spacial score (nSPS) is 19.2. The fourth-order valence-corrected chi connectivity index (χ4v) is 5.67. The molecule has 2 aliphatic heterocycles. The highest BCUT2D eigenvalue weighted by molar-refractivity contribution is 8.13. The van der Waals surface area contributed by atoms with Gasteiger partial charge in [0.1, 0.15) is 5.82 Å². The largest absolute Gasteiger partial charge is 0.341 e. The van der Waals surface area contributed by atoms with Gasteiger partial charge in [-0.15, -0.1) is 11.8 Å². The van der Waals surface area contributed by atoms with Gasteiger partial charge >= 0.3 is 0 Å². The van der Waals surface area contributed by atoms with Gasteiger partial charge in [-0.25, -0.2) is 0 Å². The molecule has 0 amide bonds. The van der Waals surface area contributed by atoms with Gasteiger partial charge in [0.2, 0.25) is 0 Å². The van der Waals surface area contributed by atoms with E-state index in [1.54, 1.807) is 11.8 Å². The topological polar surface area (TPSA) is 23.8 Å². The van der Waals surface area contributed by atoms with Crippen molar-refractivity contribution in [2.75, 3.05) is 31.8 Å². The minimum absolute atomic E-state index is 0.312. The first-order valence-electron chi connectivity index (χ1n) is 10.7. The van der Waals surface area contributed by atoms with Crippen LogP contribution in [-0.4, -0.2) is 41.4 Å². The number of hydrogen-bond acceptors (Lipinski definition) is 4. The molecule has 0 fully saturated rings. The Morgan fingerprint density at radius 3 is 2.67 bits per heavy atom. The molecule has 5 heteroatoms. The molecule has 0 spiro atoms. The van der Waals surface area contributed by atoms with Crippen LogP contribution in [0.15, 0.2) is 48.2 Å². The molecular formula is C25H32N4S. The minimum atomic E-state index is 0.312. The number of aryl methyl sites for hydroxylation is 1. The Labute approximate surface area is 185 Å². The van der Waals surface area contributed by atoms with Crippen LogP contribution in [0.4, 0.5) is 5.69 Å². The Morgan fingerprint density at radius 1 is 1.23 bits per heavy atom. The summed E-state index contributed by atoms with van der Waals surface area (Å²) >= 11 is 1.79. The van der Waals surface area contributed by atoms with Crippen LogP contribution in [0.3, 0.4) is 0 Å². The first kappa shape index (κ1) is 20.9. The van der Waals surface area contributed by atoms with Crippen LogP contribution in [0.25, 0.3) is 17.0 Å². The Balaban J connectivity index is 2.07. The van der Waals surface area contributed by atoms with E-state index < -0.39 is 0 Å². The lowest BCUT2D eigenvalue weighted by Gasteiger charge is -2.38. The number of nitrogens with zero attached hydrogens (tertiary/aromatic N) is 4. The van der Waals surface area contributed by atoms with E-state index in [-0.39, 0.29) is 0 Å². The zero-order valence-electron chi connectivity index (χ0n) is 18.8. The molecule has 3 heterocycles. The summed E-state index contributed by atoms with van der Waals surface area (Å²) < 4.78 is 2.54. The van der Waals surface area contributed by atoms with Crippen molar-refractivity contribution in [2.45, 2.75) is 39.2 Å². The third kappa shape index (κ3) is 3.11. The summed E-state index contributed by atoms with van der Waals surface area (Å²) in [5.74, 6) is 1.27. The Bertz CT molecular complexity index is 1050. The summed E-state index contributed by atoms with van der Waals surface area (Å²) in [7, 11) is 4.19. The summed E-state index contributed by atoms with van der Waals surface area (Å²) in [5.41, 5.74) is 8.68. The minimum Gasteiger partial charge on any atom is -0.341 e. The summed E-state index contributed by atoms with van der Waals surface area (Å²) in [4.78, 5) is 9.24. The molecule has 1 aromatic heterocycles. The lowest BCUT2D eigenvalue weighted by atomic mass is 9.94. The Kier molecular flexibility index (Phi) is 5.58. The molecule has 0 bridgehead atoms. The van der Waals surface area contributed by atoms with E-state index in [2.05, 4.69) is 86.0 Å². The smallest absolute Gasteiger partial charge is 0.105 e. The number of hydrogen-bond donors (Lipinski definition) is 0. The maximum absolute atomic E-state index is 4.88. The molecule has 1 unspecified atom stereocenters. The summed E-state index contributed by atoms with van der Waals surface area (Å²) in [6.07, 6.45) is 4.44. The molecule has 1 atom stereocenters. The van der Waals surface area contributed by atoms with Crippen molar-refractivity contribution < 1.29 is 0 Å². The number of aliphatic imine (C=N–C) groups is 1. The van der Waals surface area contributed by atoms with Crippen LogP contribution in [-0.2, 0) is 6.54 Å². The van der Waals surface area contributed by atoms with E-state index in [4.69, 9.17) is 4.99 Å². The molecular weight excluding hydrogens is 388 g/mol. The van der Waals surface area contributed by atoms with Crippen molar-refractivity contribution in [1.29, 1.82) is 0 Å². The lowest BCUT2D eigenvalue weighted by Crippen LogP contribution is -2.34. The predicted octanol–water partition coefficient (Wildman–Crippen LogP) is 5.95. The number of aromatic nitrogens is 1.